The third-order valence-corrected chi connectivity index (χ3v) is 8.37. The normalized spacial score (nSPS) is 29.7. The Balaban J connectivity index is 1.31. The quantitative estimate of drug-likeness (QED) is 0.449. The number of amides is 1. The Bertz CT molecular complexity index is 1440. The number of halogens is 6. The Hall–Kier alpha value is -2.99. The van der Waals surface area contributed by atoms with Crippen molar-refractivity contribution in [2.45, 2.75) is 49.8 Å². The molecule has 1 saturated heterocycles. The lowest BCUT2D eigenvalue weighted by Crippen LogP contribution is -2.43. The zero-order chi connectivity index (χ0) is 27.3. The summed E-state index contributed by atoms with van der Waals surface area (Å²) in [4.78, 5) is 18.3. The van der Waals surface area contributed by atoms with Gasteiger partial charge in [-0.2, -0.15) is 18.3 Å². The van der Waals surface area contributed by atoms with Gasteiger partial charge in [0.1, 0.15) is 10.8 Å². The molecule has 4 atom stereocenters. The summed E-state index contributed by atoms with van der Waals surface area (Å²) in [6.45, 7) is 2.60. The van der Waals surface area contributed by atoms with Gasteiger partial charge in [0, 0.05) is 31.5 Å². The number of carbonyl (C=O) groups is 1. The smallest absolute Gasteiger partial charge is 0.376 e. The number of ether oxygens (including phenoxy) is 1. The maximum atomic E-state index is 14.9. The Morgan fingerprint density at radius 1 is 1.24 bits per heavy atom. The van der Waals surface area contributed by atoms with Gasteiger partial charge in [-0.15, -0.1) is 0 Å². The molecule has 6 rings (SSSR count). The fourth-order valence-electron chi connectivity index (χ4n) is 5.58. The molecule has 1 amide bonds. The average Bonchev–Trinajstić information content (AvgIpc) is 3.10. The largest absolute Gasteiger partial charge is 0.401 e. The first-order chi connectivity index (χ1) is 17.8. The van der Waals surface area contributed by atoms with E-state index in [9.17, 15) is 26.7 Å². The Morgan fingerprint density at radius 3 is 2.53 bits per heavy atom. The van der Waals surface area contributed by atoms with E-state index in [1.807, 2.05) is 0 Å². The number of rotatable bonds is 5. The van der Waals surface area contributed by atoms with Crippen LogP contribution in [0.2, 0.25) is 5.15 Å². The predicted octanol–water partition coefficient (Wildman–Crippen LogP) is 5.00. The molecule has 0 spiro atoms. The van der Waals surface area contributed by atoms with Gasteiger partial charge < -0.3 is 15.0 Å². The van der Waals surface area contributed by atoms with E-state index in [1.165, 1.54) is 48.4 Å². The van der Waals surface area contributed by atoms with E-state index in [0.29, 0.717) is 12.3 Å². The Morgan fingerprint density at radius 2 is 1.92 bits per heavy atom. The number of benzene rings is 1. The van der Waals surface area contributed by atoms with Gasteiger partial charge in [-0.1, -0.05) is 23.7 Å². The van der Waals surface area contributed by atoms with Crippen molar-refractivity contribution in [3.63, 3.8) is 0 Å². The molecular formula is C25H23ClF5N5O2. The highest BCUT2D eigenvalue weighted by Gasteiger charge is 2.82. The number of nitrogens with zero attached hydrogens (tertiary/aromatic N) is 4. The molecule has 13 heteroatoms. The molecule has 2 aromatic heterocycles. The number of anilines is 2. The van der Waals surface area contributed by atoms with E-state index in [1.54, 1.807) is 0 Å². The van der Waals surface area contributed by atoms with E-state index < -0.39 is 41.3 Å². The lowest BCUT2D eigenvalue weighted by Gasteiger charge is -2.28. The van der Waals surface area contributed by atoms with Crippen LogP contribution in [0, 0.1) is 5.41 Å². The Labute approximate surface area is 218 Å². The highest BCUT2D eigenvalue weighted by molar-refractivity contribution is 6.29. The third kappa shape index (κ3) is 3.38. The molecule has 0 radical (unpaired) electrons. The maximum absolute atomic E-state index is 14.9. The summed E-state index contributed by atoms with van der Waals surface area (Å²) in [6, 6.07) is 7.20. The molecule has 202 valence electrons. The number of hydrogen-bond acceptors (Lipinski definition) is 5. The number of aromatic nitrogens is 3. The van der Waals surface area contributed by atoms with Crippen LogP contribution in [0.1, 0.15) is 37.4 Å². The SMILES string of the molecule is C[C@@]1(C(F)(F)F)CN(c2ccc([C@H]3C(F)(F)[C@]3(C)C(=O)NC[C@H]3CCO3)cc2)c2cnc3cc(Cl)nn3c21. The molecule has 2 fully saturated rings. The second kappa shape index (κ2) is 8.01. The van der Waals surface area contributed by atoms with E-state index in [0.717, 1.165) is 17.9 Å². The molecule has 0 bridgehead atoms. The minimum atomic E-state index is -4.63. The monoisotopic (exact) mass is 555 g/mol. The molecular weight excluding hydrogens is 533 g/mol. The van der Waals surface area contributed by atoms with Crippen LogP contribution >= 0.6 is 11.6 Å². The molecule has 1 aromatic carbocycles. The minimum absolute atomic E-state index is 0.0101. The van der Waals surface area contributed by atoms with Gasteiger partial charge in [0.15, 0.2) is 10.8 Å². The summed E-state index contributed by atoms with van der Waals surface area (Å²) in [7, 11) is 0. The van der Waals surface area contributed by atoms with E-state index in [4.69, 9.17) is 16.3 Å². The lowest BCUT2D eigenvalue weighted by molar-refractivity contribution is -0.181. The van der Waals surface area contributed by atoms with Crippen molar-refractivity contribution in [1.29, 1.82) is 0 Å². The van der Waals surface area contributed by atoms with Crippen LogP contribution in [0.3, 0.4) is 0 Å². The van der Waals surface area contributed by atoms with Crippen molar-refractivity contribution < 1.29 is 31.5 Å². The fraction of sp³-hybridized carbons (Fsp3) is 0.480. The number of carbonyl (C=O) groups excluding carboxylic acids is 1. The summed E-state index contributed by atoms with van der Waals surface area (Å²) in [6.07, 6.45) is -2.69. The zero-order valence-electron chi connectivity index (χ0n) is 20.3. The van der Waals surface area contributed by atoms with Gasteiger partial charge in [0.2, 0.25) is 5.91 Å². The van der Waals surface area contributed by atoms with E-state index in [2.05, 4.69) is 15.4 Å². The van der Waals surface area contributed by atoms with Crippen molar-refractivity contribution in [1.82, 2.24) is 19.9 Å². The van der Waals surface area contributed by atoms with Crippen LogP contribution in [-0.2, 0) is 14.9 Å². The predicted molar refractivity (Wildman–Crippen MR) is 128 cm³/mol. The van der Waals surface area contributed by atoms with Gasteiger partial charge in [0.05, 0.1) is 29.6 Å². The number of hydrogen-bond donors (Lipinski definition) is 1. The van der Waals surface area contributed by atoms with Gasteiger partial charge >= 0.3 is 6.18 Å². The molecule has 0 unspecified atom stereocenters. The van der Waals surface area contributed by atoms with E-state index in [-0.39, 0.29) is 40.4 Å². The van der Waals surface area contributed by atoms with Crippen LogP contribution < -0.4 is 10.2 Å². The van der Waals surface area contributed by atoms with Crippen LogP contribution in [-0.4, -0.2) is 58.4 Å². The number of fused-ring (bicyclic) bond motifs is 3. The zero-order valence-corrected chi connectivity index (χ0v) is 21.1. The van der Waals surface area contributed by atoms with Crippen molar-refractivity contribution in [2.75, 3.05) is 24.6 Å². The van der Waals surface area contributed by atoms with Gasteiger partial charge in [-0.25, -0.2) is 18.3 Å². The standard InChI is InChI=1S/C25H23ClF5N5O2/c1-22(25(29,30)31)12-35(16-11-32-18-9-17(26)34-36(18)20(16)22)14-5-3-13(4-6-14)19-23(2,24(19,27)28)21(37)33-10-15-7-8-38-15/h3-6,9,11,15,19H,7-8,10,12H2,1-2H3,(H,33,37)/t15-,19-,22-,23+/m1/s1. The van der Waals surface area contributed by atoms with Gasteiger partial charge in [-0.05, 0) is 38.0 Å². The molecule has 3 aromatic rings. The summed E-state index contributed by atoms with van der Waals surface area (Å²) in [5, 5.41) is 6.59. The van der Waals surface area contributed by atoms with Crippen LogP contribution in [0.4, 0.5) is 33.3 Å². The van der Waals surface area contributed by atoms with Crippen molar-refractivity contribution >= 4 is 34.5 Å². The fourth-order valence-corrected chi connectivity index (χ4v) is 5.75. The highest BCUT2D eigenvalue weighted by atomic mass is 35.5. The summed E-state index contributed by atoms with van der Waals surface area (Å²) < 4.78 is 79.3. The molecule has 1 aliphatic carbocycles. The first-order valence-electron chi connectivity index (χ1n) is 12.1. The van der Waals surface area contributed by atoms with Crippen molar-refractivity contribution in [2.24, 2.45) is 5.41 Å². The van der Waals surface area contributed by atoms with Crippen LogP contribution in [0.15, 0.2) is 36.5 Å². The van der Waals surface area contributed by atoms with Crippen molar-refractivity contribution in [3.05, 3.63) is 52.9 Å². The topological polar surface area (TPSA) is 71.8 Å². The Kier molecular flexibility index (Phi) is 5.33. The highest BCUT2D eigenvalue weighted by Crippen LogP contribution is 2.71. The summed E-state index contributed by atoms with van der Waals surface area (Å²) in [5.41, 5.74) is -3.40. The van der Waals surface area contributed by atoms with Crippen molar-refractivity contribution in [3.8, 4) is 0 Å². The van der Waals surface area contributed by atoms with Gasteiger partial charge in [0.25, 0.3) is 5.92 Å². The van der Waals surface area contributed by atoms with Gasteiger partial charge in [-0.3, -0.25) is 4.79 Å². The molecule has 1 saturated carbocycles. The molecule has 7 nitrogen and oxygen atoms in total. The summed E-state index contributed by atoms with van der Waals surface area (Å²) in [5.74, 6) is -5.39. The third-order valence-electron chi connectivity index (χ3n) is 8.19. The molecule has 2 aliphatic heterocycles. The van der Waals surface area contributed by atoms with Crippen LogP contribution in [0.25, 0.3) is 5.65 Å². The molecule has 4 heterocycles. The number of alkyl halides is 5. The van der Waals surface area contributed by atoms with E-state index >= 15 is 0 Å². The molecule has 38 heavy (non-hydrogen) atoms. The minimum Gasteiger partial charge on any atom is -0.376 e. The summed E-state index contributed by atoms with van der Waals surface area (Å²) >= 11 is 5.95. The maximum Gasteiger partial charge on any atom is 0.401 e. The second-order valence-corrected chi connectivity index (χ2v) is 10.9. The second-order valence-electron chi connectivity index (χ2n) is 10.5. The lowest BCUT2D eigenvalue weighted by atomic mass is 9.87. The average molecular weight is 556 g/mol. The first kappa shape index (κ1) is 25.3. The number of nitrogens with one attached hydrogen (secondary N) is 1. The molecule has 1 N–H and O–H groups in total. The first-order valence-corrected chi connectivity index (χ1v) is 12.4. The molecule has 3 aliphatic rings. The van der Waals surface area contributed by atoms with Crippen LogP contribution in [0.5, 0.6) is 0 Å².